The number of carbonyl (C=O) groups is 1. The second kappa shape index (κ2) is 6.12. The largest absolute Gasteiger partial charge is 0.392 e. The number of hydrogen-bond donors (Lipinski definition) is 3. The Morgan fingerprint density at radius 2 is 2.18 bits per heavy atom. The molecule has 2 unspecified atom stereocenters. The van der Waals surface area contributed by atoms with E-state index in [1.54, 1.807) is 12.1 Å². The van der Waals surface area contributed by atoms with E-state index in [4.69, 9.17) is 0 Å². The molecule has 0 aliphatic carbocycles. The summed E-state index contributed by atoms with van der Waals surface area (Å²) in [7, 11) is 0. The lowest BCUT2D eigenvalue weighted by Crippen LogP contribution is -2.35. The molecular formula is C15H16FN3O2S. The molecule has 0 saturated carbocycles. The summed E-state index contributed by atoms with van der Waals surface area (Å²) in [6, 6.07) is 5.70. The van der Waals surface area contributed by atoms with E-state index in [1.165, 1.54) is 23.5 Å². The van der Waals surface area contributed by atoms with Gasteiger partial charge in [-0.05, 0) is 37.6 Å². The van der Waals surface area contributed by atoms with E-state index in [-0.39, 0.29) is 11.7 Å². The molecule has 1 aliphatic heterocycles. The van der Waals surface area contributed by atoms with E-state index in [0.29, 0.717) is 18.1 Å². The summed E-state index contributed by atoms with van der Waals surface area (Å²) in [5, 5.41) is 15.7. The number of nitrogens with one attached hydrogen (secondary N) is 2. The van der Waals surface area contributed by atoms with Crippen LogP contribution in [-0.2, 0) is 4.79 Å². The van der Waals surface area contributed by atoms with Crippen LogP contribution >= 0.6 is 11.3 Å². The highest BCUT2D eigenvalue weighted by Crippen LogP contribution is 2.30. The molecule has 0 radical (unpaired) electrons. The Labute approximate surface area is 131 Å². The third-order valence-electron chi connectivity index (χ3n) is 3.57. The number of aliphatic hydroxyl groups excluding tert-OH is 1. The van der Waals surface area contributed by atoms with Gasteiger partial charge < -0.3 is 15.7 Å². The number of rotatable bonds is 3. The summed E-state index contributed by atoms with van der Waals surface area (Å²) >= 11 is 1.37. The first kappa shape index (κ1) is 15.1. The highest BCUT2D eigenvalue weighted by molar-refractivity contribution is 7.16. The predicted octanol–water partition coefficient (Wildman–Crippen LogP) is 1.92. The first-order valence-electron chi connectivity index (χ1n) is 6.98. The SMILES string of the molecule is Cc1sc(NC(=O)C2CC(O)CN2)nc1-c1ccc(F)cc1. The Balaban J connectivity index is 1.75. The van der Waals surface area contributed by atoms with Gasteiger partial charge in [0.25, 0.3) is 0 Å². The van der Waals surface area contributed by atoms with Crippen LogP contribution in [0.4, 0.5) is 9.52 Å². The van der Waals surface area contributed by atoms with Gasteiger partial charge in [0.1, 0.15) is 5.82 Å². The summed E-state index contributed by atoms with van der Waals surface area (Å²) in [5.41, 5.74) is 1.55. The lowest BCUT2D eigenvalue weighted by molar-refractivity contribution is -0.117. The summed E-state index contributed by atoms with van der Waals surface area (Å²) in [6.07, 6.45) is -0.0790. The topological polar surface area (TPSA) is 74.2 Å². The number of hydrogen-bond acceptors (Lipinski definition) is 5. The predicted molar refractivity (Wildman–Crippen MR) is 83.3 cm³/mol. The standard InChI is InChI=1S/C15H16FN3O2S/c1-8-13(9-2-4-10(16)5-3-9)18-15(22-8)19-14(21)12-6-11(20)7-17-12/h2-5,11-12,17,20H,6-7H2,1H3,(H,18,19,21). The molecule has 0 bridgehead atoms. The van der Waals surface area contributed by atoms with E-state index in [1.807, 2.05) is 6.92 Å². The van der Waals surface area contributed by atoms with Crippen LogP contribution in [0.25, 0.3) is 11.3 Å². The molecule has 1 aromatic heterocycles. The van der Waals surface area contributed by atoms with E-state index in [9.17, 15) is 14.3 Å². The molecule has 2 heterocycles. The first-order valence-corrected chi connectivity index (χ1v) is 7.80. The van der Waals surface area contributed by atoms with Crippen LogP contribution in [0.15, 0.2) is 24.3 Å². The number of amides is 1. The number of aryl methyl sites for hydroxylation is 1. The van der Waals surface area contributed by atoms with Gasteiger partial charge in [-0.1, -0.05) is 0 Å². The number of β-amino-alcohol motifs (C(OH)–C–C–N with tert-alkyl or cyclic N) is 1. The minimum Gasteiger partial charge on any atom is -0.392 e. The van der Waals surface area contributed by atoms with Crippen molar-refractivity contribution in [1.29, 1.82) is 0 Å². The molecule has 1 saturated heterocycles. The molecule has 2 atom stereocenters. The maximum Gasteiger partial charge on any atom is 0.243 e. The van der Waals surface area contributed by atoms with Gasteiger partial charge in [0.15, 0.2) is 5.13 Å². The Morgan fingerprint density at radius 1 is 1.45 bits per heavy atom. The van der Waals surface area contributed by atoms with Crippen molar-refractivity contribution in [1.82, 2.24) is 10.3 Å². The highest BCUT2D eigenvalue weighted by atomic mass is 32.1. The van der Waals surface area contributed by atoms with Gasteiger partial charge in [-0.25, -0.2) is 9.37 Å². The first-order chi connectivity index (χ1) is 10.5. The average molecular weight is 321 g/mol. The van der Waals surface area contributed by atoms with E-state index in [2.05, 4.69) is 15.6 Å². The van der Waals surface area contributed by atoms with Crippen molar-refractivity contribution in [3.05, 3.63) is 35.0 Å². The third kappa shape index (κ3) is 3.16. The molecular weight excluding hydrogens is 305 g/mol. The Bertz CT molecular complexity index is 687. The van der Waals surface area contributed by atoms with Crippen LogP contribution < -0.4 is 10.6 Å². The fourth-order valence-electron chi connectivity index (χ4n) is 2.43. The maximum absolute atomic E-state index is 13.0. The van der Waals surface area contributed by atoms with E-state index < -0.39 is 12.1 Å². The number of anilines is 1. The zero-order valence-corrected chi connectivity index (χ0v) is 12.8. The maximum atomic E-state index is 13.0. The second-order valence-corrected chi connectivity index (χ2v) is 6.47. The van der Waals surface area contributed by atoms with Crippen molar-refractivity contribution in [2.45, 2.75) is 25.5 Å². The molecule has 1 aromatic carbocycles. The van der Waals surface area contributed by atoms with Crippen LogP contribution in [0.2, 0.25) is 0 Å². The van der Waals surface area contributed by atoms with Crippen molar-refractivity contribution in [2.75, 3.05) is 11.9 Å². The molecule has 116 valence electrons. The Kier molecular flexibility index (Phi) is 4.19. The van der Waals surface area contributed by atoms with Gasteiger partial charge in [-0.2, -0.15) is 0 Å². The van der Waals surface area contributed by atoms with Crippen LogP contribution in [0.3, 0.4) is 0 Å². The number of halogens is 1. The van der Waals surface area contributed by atoms with Crippen LogP contribution in [-0.4, -0.2) is 34.7 Å². The molecule has 1 fully saturated rings. The average Bonchev–Trinajstić information content (AvgIpc) is 3.06. The van der Waals surface area contributed by atoms with Crippen molar-refractivity contribution in [3.8, 4) is 11.3 Å². The number of aliphatic hydroxyl groups is 1. The Hall–Kier alpha value is -1.83. The molecule has 22 heavy (non-hydrogen) atoms. The summed E-state index contributed by atoms with van der Waals surface area (Å²) in [5.74, 6) is -0.494. The number of benzene rings is 1. The monoisotopic (exact) mass is 321 g/mol. The van der Waals surface area contributed by atoms with E-state index in [0.717, 1.165) is 16.1 Å². The Morgan fingerprint density at radius 3 is 2.82 bits per heavy atom. The fraction of sp³-hybridized carbons (Fsp3) is 0.333. The van der Waals surface area contributed by atoms with Crippen molar-refractivity contribution >= 4 is 22.4 Å². The molecule has 3 rings (SSSR count). The smallest absolute Gasteiger partial charge is 0.243 e. The fourth-order valence-corrected chi connectivity index (χ4v) is 3.27. The minimum absolute atomic E-state index is 0.198. The van der Waals surface area contributed by atoms with Crippen molar-refractivity contribution < 1.29 is 14.3 Å². The van der Waals surface area contributed by atoms with Crippen LogP contribution in [0, 0.1) is 12.7 Å². The number of nitrogens with zero attached hydrogens (tertiary/aromatic N) is 1. The summed E-state index contributed by atoms with van der Waals surface area (Å²) < 4.78 is 13.0. The van der Waals surface area contributed by atoms with Gasteiger partial charge in [0.05, 0.1) is 17.8 Å². The van der Waals surface area contributed by atoms with E-state index >= 15 is 0 Å². The second-order valence-electron chi connectivity index (χ2n) is 5.27. The van der Waals surface area contributed by atoms with Gasteiger partial charge >= 0.3 is 0 Å². The molecule has 1 amide bonds. The normalized spacial score (nSPS) is 21.0. The molecule has 1 aliphatic rings. The van der Waals surface area contributed by atoms with Gasteiger partial charge in [-0.3, -0.25) is 4.79 Å². The molecule has 7 heteroatoms. The zero-order chi connectivity index (χ0) is 15.7. The van der Waals surface area contributed by atoms with Crippen LogP contribution in [0.5, 0.6) is 0 Å². The summed E-state index contributed by atoms with van der Waals surface area (Å²) in [6.45, 7) is 2.33. The third-order valence-corrected chi connectivity index (χ3v) is 4.45. The quantitative estimate of drug-likeness (QED) is 0.807. The molecule has 3 N–H and O–H groups in total. The number of thiazole rings is 1. The molecule has 0 spiro atoms. The molecule has 5 nitrogen and oxygen atoms in total. The van der Waals surface area contributed by atoms with Gasteiger partial charge in [0.2, 0.25) is 5.91 Å². The lowest BCUT2D eigenvalue weighted by Gasteiger charge is -2.08. The zero-order valence-electron chi connectivity index (χ0n) is 12.0. The van der Waals surface area contributed by atoms with Crippen LogP contribution in [0.1, 0.15) is 11.3 Å². The summed E-state index contributed by atoms with van der Waals surface area (Å²) in [4.78, 5) is 17.5. The highest BCUT2D eigenvalue weighted by Gasteiger charge is 2.28. The van der Waals surface area contributed by atoms with Gasteiger partial charge in [-0.15, -0.1) is 11.3 Å². The number of carbonyl (C=O) groups excluding carboxylic acids is 1. The van der Waals surface area contributed by atoms with Crippen molar-refractivity contribution in [3.63, 3.8) is 0 Å². The minimum atomic E-state index is -0.483. The molecule has 2 aromatic rings. The number of aromatic nitrogens is 1. The van der Waals surface area contributed by atoms with Gasteiger partial charge in [0, 0.05) is 17.0 Å². The lowest BCUT2D eigenvalue weighted by atomic mass is 10.1. The van der Waals surface area contributed by atoms with Crippen molar-refractivity contribution in [2.24, 2.45) is 0 Å².